The van der Waals surface area contributed by atoms with Crippen molar-refractivity contribution in [2.75, 3.05) is 0 Å². The summed E-state index contributed by atoms with van der Waals surface area (Å²) in [6.07, 6.45) is 4.00. The number of rotatable bonds is 4. The van der Waals surface area contributed by atoms with E-state index in [4.69, 9.17) is 0 Å². The van der Waals surface area contributed by atoms with Crippen LogP contribution in [0.4, 0.5) is 0 Å². The summed E-state index contributed by atoms with van der Waals surface area (Å²) in [5.41, 5.74) is 17.0. The third kappa shape index (κ3) is 4.15. The van der Waals surface area contributed by atoms with Gasteiger partial charge in [0.05, 0.1) is 22.1 Å². The van der Waals surface area contributed by atoms with Gasteiger partial charge in [-0.15, -0.1) is 0 Å². The van der Waals surface area contributed by atoms with Gasteiger partial charge in [-0.1, -0.05) is 115 Å². The Kier molecular flexibility index (Phi) is 6.05. The zero-order valence-electron chi connectivity index (χ0n) is 29.2. The summed E-state index contributed by atoms with van der Waals surface area (Å²) in [5.74, 6) is 0. The number of para-hydroxylation sites is 2. The van der Waals surface area contributed by atoms with Crippen LogP contribution in [0.1, 0.15) is 0 Å². The molecular weight excluding hydrogens is 655 g/mol. The molecule has 0 atom stereocenters. The molecule has 8 aromatic carbocycles. The molecule has 12 rings (SSSR count). The number of fused-ring (bicyclic) bond motifs is 9. The highest BCUT2D eigenvalue weighted by molar-refractivity contribution is 6.16. The van der Waals surface area contributed by atoms with Crippen LogP contribution in [-0.4, -0.2) is 14.1 Å². The summed E-state index contributed by atoms with van der Waals surface area (Å²) in [7, 11) is 0. The maximum Gasteiger partial charge on any atom is 0.0541 e. The van der Waals surface area contributed by atoms with Crippen LogP contribution in [0.5, 0.6) is 0 Å². The third-order valence-electron chi connectivity index (χ3n) is 11.5. The van der Waals surface area contributed by atoms with Crippen molar-refractivity contribution < 1.29 is 0 Å². The van der Waals surface area contributed by atoms with Gasteiger partial charge in [0.25, 0.3) is 0 Å². The number of hydrogen-bond donors (Lipinski definition) is 0. The van der Waals surface area contributed by atoms with Gasteiger partial charge in [-0.2, -0.15) is 0 Å². The highest BCUT2D eigenvalue weighted by Gasteiger charge is 2.23. The molecule has 3 nitrogen and oxygen atoms in total. The zero-order valence-corrected chi connectivity index (χ0v) is 29.2. The molecule has 3 aromatic heterocycles. The molecule has 0 saturated carbocycles. The highest BCUT2D eigenvalue weighted by Crippen LogP contribution is 2.48. The molecule has 11 aromatic rings. The molecule has 54 heavy (non-hydrogen) atoms. The van der Waals surface area contributed by atoms with Crippen LogP contribution in [0.2, 0.25) is 0 Å². The van der Waals surface area contributed by atoms with Gasteiger partial charge in [0, 0.05) is 61.6 Å². The predicted octanol–water partition coefficient (Wildman–Crippen LogP) is 13.4. The second-order valence-corrected chi connectivity index (χ2v) is 14.4. The summed E-state index contributed by atoms with van der Waals surface area (Å²) in [6, 6.07) is 64.4. The van der Waals surface area contributed by atoms with Crippen LogP contribution in [0.15, 0.2) is 188 Å². The van der Waals surface area contributed by atoms with E-state index in [-0.39, 0.29) is 0 Å². The van der Waals surface area contributed by atoms with E-state index in [0.29, 0.717) is 0 Å². The number of hydrogen-bond acceptors (Lipinski definition) is 1. The molecule has 1 aliphatic carbocycles. The third-order valence-corrected chi connectivity index (χ3v) is 11.5. The fourth-order valence-electron chi connectivity index (χ4n) is 9.11. The quantitative estimate of drug-likeness (QED) is 0.181. The molecule has 0 N–H and O–H groups in total. The van der Waals surface area contributed by atoms with Gasteiger partial charge in [-0.05, 0) is 99.6 Å². The normalized spacial score (nSPS) is 12.1. The van der Waals surface area contributed by atoms with E-state index in [1.165, 1.54) is 98.9 Å². The first kappa shape index (κ1) is 29.4. The van der Waals surface area contributed by atoms with Crippen molar-refractivity contribution in [1.29, 1.82) is 0 Å². The summed E-state index contributed by atoms with van der Waals surface area (Å²) in [6.45, 7) is 0. The number of benzene rings is 8. The lowest BCUT2D eigenvalue weighted by Crippen LogP contribution is -1.95. The summed E-state index contributed by atoms with van der Waals surface area (Å²) in [5, 5.41) is 7.48. The maximum absolute atomic E-state index is 4.61. The molecule has 0 fully saturated rings. The van der Waals surface area contributed by atoms with Gasteiger partial charge < -0.3 is 9.13 Å². The van der Waals surface area contributed by atoms with Crippen LogP contribution in [0.3, 0.4) is 0 Å². The molecule has 3 heterocycles. The Morgan fingerprint density at radius 2 is 0.907 bits per heavy atom. The molecular formula is C51H31N3. The van der Waals surface area contributed by atoms with Gasteiger partial charge >= 0.3 is 0 Å². The molecule has 0 spiro atoms. The second kappa shape index (κ2) is 11.1. The van der Waals surface area contributed by atoms with E-state index in [2.05, 4.69) is 190 Å². The summed E-state index contributed by atoms with van der Waals surface area (Å²) >= 11 is 0. The fourth-order valence-corrected chi connectivity index (χ4v) is 9.11. The van der Waals surface area contributed by atoms with E-state index in [1.54, 1.807) is 0 Å². The smallest absolute Gasteiger partial charge is 0.0541 e. The van der Waals surface area contributed by atoms with E-state index in [9.17, 15) is 0 Å². The minimum absolute atomic E-state index is 1.16. The van der Waals surface area contributed by atoms with Gasteiger partial charge in [-0.25, -0.2) is 0 Å². The molecule has 0 radical (unpaired) electrons. The number of pyridine rings is 1. The molecule has 1 aliphatic rings. The van der Waals surface area contributed by atoms with Crippen LogP contribution in [0, 0.1) is 0 Å². The number of aromatic nitrogens is 3. The molecule has 3 heteroatoms. The van der Waals surface area contributed by atoms with Crippen molar-refractivity contribution >= 4 is 54.4 Å². The van der Waals surface area contributed by atoms with Crippen molar-refractivity contribution in [2.45, 2.75) is 0 Å². The Labute approximate surface area is 311 Å². The lowest BCUT2D eigenvalue weighted by molar-refractivity contribution is 1.18. The van der Waals surface area contributed by atoms with Crippen molar-refractivity contribution in [3.05, 3.63) is 188 Å². The van der Waals surface area contributed by atoms with Crippen molar-refractivity contribution in [1.82, 2.24) is 14.1 Å². The second-order valence-electron chi connectivity index (χ2n) is 14.4. The Hall–Kier alpha value is -7.23. The monoisotopic (exact) mass is 685 g/mol. The predicted molar refractivity (Wildman–Crippen MR) is 226 cm³/mol. The molecule has 0 aliphatic heterocycles. The van der Waals surface area contributed by atoms with Gasteiger partial charge in [0.15, 0.2) is 0 Å². The van der Waals surface area contributed by atoms with E-state index < -0.39 is 0 Å². The number of nitrogens with zero attached hydrogens (tertiary/aromatic N) is 3. The summed E-state index contributed by atoms with van der Waals surface area (Å²) < 4.78 is 4.83. The first-order valence-electron chi connectivity index (χ1n) is 18.5. The van der Waals surface area contributed by atoms with Crippen molar-refractivity contribution in [2.24, 2.45) is 0 Å². The van der Waals surface area contributed by atoms with Gasteiger partial charge in [-0.3, -0.25) is 4.98 Å². The Morgan fingerprint density at radius 1 is 0.315 bits per heavy atom. The fraction of sp³-hybridized carbons (Fsp3) is 0. The maximum atomic E-state index is 4.61. The molecule has 0 saturated heterocycles. The Morgan fingerprint density at radius 3 is 1.63 bits per heavy atom. The van der Waals surface area contributed by atoms with E-state index in [0.717, 1.165) is 11.4 Å². The average molecular weight is 686 g/mol. The molecule has 0 amide bonds. The Bertz CT molecular complexity index is 3320. The molecule has 250 valence electrons. The lowest BCUT2D eigenvalue weighted by Gasteiger charge is -2.12. The Balaban J connectivity index is 1.01. The minimum atomic E-state index is 1.16. The SMILES string of the molecule is c1ccc(-c2cccc(-n3c4ccccc4c4cc(-c5ccc6c(c5)c5ccccc5n6-c5ccc6c(c5)-c5cncc7cccc-6c57)ccc43)c2)cc1. The van der Waals surface area contributed by atoms with Crippen LogP contribution in [-0.2, 0) is 0 Å². The highest BCUT2D eigenvalue weighted by atomic mass is 15.0. The summed E-state index contributed by atoms with van der Waals surface area (Å²) in [4.78, 5) is 4.61. The topological polar surface area (TPSA) is 22.8 Å². The standard InChI is InChI=1S/C51H31N3/c1-2-10-32(11-3-1)33-12-8-14-37(26-33)53-47-18-6-4-15-40(47)44-27-34(20-24-49(44)53)35-21-25-50-45(28-35)41-16-5-7-19-48(41)54(50)38-22-23-39-42-17-9-13-36-30-52-31-46(51(36)42)43(39)29-38/h1-31H. The molecule has 0 unspecified atom stereocenters. The van der Waals surface area contributed by atoms with Gasteiger partial charge in [0.2, 0.25) is 0 Å². The van der Waals surface area contributed by atoms with Crippen molar-refractivity contribution in [3.63, 3.8) is 0 Å². The van der Waals surface area contributed by atoms with Crippen molar-refractivity contribution in [3.8, 4) is 55.9 Å². The zero-order chi connectivity index (χ0) is 35.3. The van der Waals surface area contributed by atoms with Crippen LogP contribution in [0.25, 0.3) is 110 Å². The minimum Gasteiger partial charge on any atom is -0.309 e. The van der Waals surface area contributed by atoms with Crippen LogP contribution >= 0.6 is 0 Å². The van der Waals surface area contributed by atoms with Gasteiger partial charge in [0.1, 0.15) is 0 Å². The van der Waals surface area contributed by atoms with Crippen LogP contribution < -0.4 is 0 Å². The van der Waals surface area contributed by atoms with E-state index in [1.807, 2.05) is 12.4 Å². The first-order chi connectivity index (χ1) is 26.8. The first-order valence-corrected chi connectivity index (χ1v) is 18.5. The molecule has 0 bridgehead atoms. The lowest BCUT2D eigenvalue weighted by atomic mass is 10.0. The average Bonchev–Trinajstić information content (AvgIpc) is 3.87. The van der Waals surface area contributed by atoms with E-state index >= 15 is 0 Å². The largest absolute Gasteiger partial charge is 0.309 e.